The predicted molar refractivity (Wildman–Crippen MR) is 80.7 cm³/mol. The molecule has 0 radical (unpaired) electrons. The van der Waals surface area contributed by atoms with Crippen molar-refractivity contribution in [3.8, 4) is 0 Å². The van der Waals surface area contributed by atoms with Crippen molar-refractivity contribution < 1.29 is 4.74 Å². The molecule has 0 aliphatic carbocycles. The van der Waals surface area contributed by atoms with E-state index in [4.69, 9.17) is 4.74 Å². The van der Waals surface area contributed by atoms with E-state index in [1.165, 1.54) is 5.56 Å². The zero-order valence-electron chi connectivity index (χ0n) is 11.6. The van der Waals surface area contributed by atoms with Crippen LogP contribution in [0.2, 0.25) is 0 Å². The van der Waals surface area contributed by atoms with Crippen LogP contribution in [0.5, 0.6) is 0 Å². The molecule has 1 aromatic rings. The van der Waals surface area contributed by atoms with E-state index in [-0.39, 0.29) is 6.10 Å². The average Bonchev–Trinajstić information content (AvgIpc) is 2.35. The maximum atomic E-state index is 5.95. The van der Waals surface area contributed by atoms with Gasteiger partial charge in [0.1, 0.15) is 0 Å². The summed E-state index contributed by atoms with van der Waals surface area (Å²) in [4.78, 5) is 0. The molecule has 1 aromatic carbocycles. The van der Waals surface area contributed by atoms with E-state index < -0.39 is 0 Å². The number of rotatable bonds is 8. The lowest BCUT2D eigenvalue weighted by Gasteiger charge is -2.18. The van der Waals surface area contributed by atoms with E-state index >= 15 is 0 Å². The van der Waals surface area contributed by atoms with E-state index in [0.29, 0.717) is 12.5 Å². The van der Waals surface area contributed by atoms with Crippen LogP contribution in [0.1, 0.15) is 32.8 Å². The number of ether oxygens (including phenoxy) is 1. The lowest BCUT2D eigenvalue weighted by atomic mass is 10.2. The summed E-state index contributed by atoms with van der Waals surface area (Å²) in [6.45, 7) is 9.25. The molecule has 1 unspecified atom stereocenters. The van der Waals surface area contributed by atoms with Gasteiger partial charge in [-0.2, -0.15) is 0 Å². The molecule has 1 N–H and O–H groups in total. The summed E-state index contributed by atoms with van der Waals surface area (Å²) in [5.74, 6) is 0.686. The molecule has 0 aliphatic rings. The Bertz CT molecular complexity index is 341. The fourth-order valence-electron chi connectivity index (χ4n) is 1.68. The Morgan fingerprint density at radius 1 is 1.22 bits per heavy atom. The lowest BCUT2D eigenvalue weighted by Crippen LogP contribution is -2.31. The number of halogens is 1. The van der Waals surface area contributed by atoms with Crippen molar-refractivity contribution in [2.24, 2.45) is 5.92 Å². The molecule has 1 rings (SSSR count). The molecule has 0 saturated carbocycles. The summed E-state index contributed by atoms with van der Waals surface area (Å²) in [5, 5.41) is 3.45. The second kappa shape index (κ2) is 8.68. The summed E-state index contributed by atoms with van der Waals surface area (Å²) >= 11 is 3.54. The van der Waals surface area contributed by atoms with Gasteiger partial charge in [0, 0.05) is 11.0 Å². The first-order valence-electron chi connectivity index (χ1n) is 6.69. The molecule has 102 valence electrons. The van der Waals surface area contributed by atoms with E-state index in [0.717, 1.165) is 24.0 Å². The maximum Gasteiger partial charge on any atom is 0.0732 e. The molecule has 0 amide bonds. The fourth-order valence-corrected chi connectivity index (χ4v) is 2.08. The predicted octanol–water partition coefficient (Wildman–Crippen LogP) is 3.99. The van der Waals surface area contributed by atoms with Gasteiger partial charge in [-0.3, -0.25) is 0 Å². The van der Waals surface area contributed by atoms with Gasteiger partial charge in [0.2, 0.25) is 0 Å². The van der Waals surface area contributed by atoms with E-state index in [9.17, 15) is 0 Å². The average molecular weight is 314 g/mol. The van der Waals surface area contributed by atoms with Gasteiger partial charge in [-0.05, 0) is 30.5 Å². The highest BCUT2D eigenvalue weighted by Gasteiger charge is 2.08. The molecule has 18 heavy (non-hydrogen) atoms. The Kier molecular flexibility index (Phi) is 7.56. The van der Waals surface area contributed by atoms with Gasteiger partial charge in [-0.1, -0.05) is 54.9 Å². The molecular formula is C15H24BrNO. The molecule has 0 spiro atoms. The van der Waals surface area contributed by atoms with E-state index in [1.54, 1.807) is 0 Å². The van der Waals surface area contributed by atoms with Gasteiger partial charge in [0.25, 0.3) is 0 Å². The summed E-state index contributed by atoms with van der Waals surface area (Å²) in [7, 11) is 0. The molecule has 1 atom stereocenters. The maximum absolute atomic E-state index is 5.95. The third-order valence-corrected chi connectivity index (χ3v) is 3.59. The summed E-state index contributed by atoms with van der Waals surface area (Å²) in [6.07, 6.45) is 1.33. The highest BCUT2D eigenvalue weighted by atomic mass is 79.9. The smallest absolute Gasteiger partial charge is 0.0732 e. The Balaban J connectivity index is 2.33. The fraction of sp³-hybridized carbons (Fsp3) is 0.600. The van der Waals surface area contributed by atoms with Crippen LogP contribution in [-0.2, 0) is 11.3 Å². The van der Waals surface area contributed by atoms with Crippen LogP contribution >= 0.6 is 15.9 Å². The minimum atomic E-state index is 0.288. The van der Waals surface area contributed by atoms with Crippen molar-refractivity contribution in [2.45, 2.75) is 39.9 Å². The van der Waals surface area contributed by atoms with E-state index in [1.807, 2.05) is 12.1 Å². The van der Waals surface area contributed by atoms with Crippen molar-refractivity contribution in [1.82, 2.24) is 5.32 Å². The molecule has 0 heterocycles. The van der Waals surface area contributed by atoms with Crippen molar-refractivity contribution in [3.05, 3.63) is 34.3 Å². The van der Waals surface area contributed by atoms with Crippen LogP contribution < -0.4 is 5.32 Å². The van der Waals surface area contributed by atoms with E-state index in [2.05, 4.69) is 54.2 Å². The first kappa shape index (κ1) is 15.7. The molecule has 0 aromatic heterocycles. The standard InChI is InChI=1S/C15H24BrNO/c1-4-14(10-17-9-12(2)3)18-11-13-7-5-6-8-15(13)16/h5-8,12,14,17H,4,9-11H2,1-3H3. The van der Waals surface area contributed by atoms with Crippen molar-refractivity contribution in [2.75, 3.05) is 13.1 Å². The topological polar surface area (TPSA) is 21.3 Å². The number of benzene rings is 1. The van der Waals surface area contributed by atoms with Crippen LogP contribution in [0.3, 0.4) is 0 Å². The van der Waals surface area contributed by atoms with Crippen LogP contribution in [0.15, 0.2) is 28.7 Å². The van der Waals surface area contributed by atoms with Gasteiger partial charge in [-0.15, -0.1) is 0 Å². The van der Waals surface area contributed by atoms with Gasteiger partial charge in [0.05, 0.1) is 12.7 Å². The summed E-state index contributed by atoms with van der Waals surface area (Å²) in [5.41, 5.74) is 1.21. The van der Waals surface area contributed by atoms with Crippen LogP contribution in [-0.4, -0.2) is 19.2 Å². The normalized spacial score (nSPS) is 12.9. The molecule has 3 heteroatoms. The molecule has 2 nitrogen and oxygen atoms in total. The molecule has 0 bridgehead atoms. The molecule has 0 aliphatic heterocycles. The van der Waals surface area contributed by atoms with Crippen molar-refractivity contribution in [3.63, 3.8) is 0 Å². The first-order valence-corrected chi connectivity index (χ1v) is 7.48. The van der Waals surface area contributed by atoms with Crippen molar-refractivity contribution >= 4 is 15.9 Å². The second-order valence-electron chi connectivity index (χ2n) is 4.98. The lowest BCUT2D eigenvalue weighted by molar-refractivity contribution is 0.0378. The SMILES string of the molecule is CCC(CNCC(C)C)OCc1ccccc1Br. The third-order valence-electron chi connectivity index (χ3n) is 2.81. The summed E-state index contributed by atoms with van der Waals surface area (Å²) < 4.78 is 7.07. The van der Waals surface area contributed by atoms with Gasteiger partial charge >= 0.3 is 0 Å². The van der Waals surface area contributed by atoms with Crippen LogP contribution in [0.4, 0.5) is 0 Å². The van der Waals surface area contributed by atoms with Gasteiger partial charge in [-0.25, -0.2) is 0 Å². The quantitative estimate of drug-likeness (QED) is 0.783. The second-order valence-corrected chi connectivity index (χ2v) is 5.84. The zero-order chi connectivity index (χ0) is 13.4. The molecule has 0 fully saturated rings. The number of hydrogen-bond donors (Lipinski definition) is 1. The zero-order valence-corrected chi connectivity index (χ0v) is 13.2. The first-order chi connectivity index (χ1) is 8.63. The Morgan fingerprint density at radius 3 is 2.56 bits per heavy atom. The minimum Gasteiger partial charge on any atom is -0.372 e. The Hall–Kier alpha value is -0.380. The van der Waals surface area contributed by atoms with Crippen LogP contribution in [0, 0.1) is 5.92 Å². The Morgan fingerprint density at radius 2 is 1.94 bits per heavy atom. The van der Waals surface area contributed by atoms with Gasteiger partial charge in [0.15, 0.2) is 0 Å². The largest absolute Gasteiger partial charge is 0.372 e. The number of nitrogens with one attached hydrogen (secondary N) is 1. The third kappa shape index (κ3) is 5.98. The Labute approximate surface area is 119 Å². The minimum absolute atomic E-state index is 0.288. The van der Waals surface area contributed by atoms with Gasteiger partial charge < -0.3 is 10.1 Å². The van der Waals surface area contributed by atoms with Crippen molar-refractivity contribution in [1.29, 1.82) is 0 Å². The van der Waals surface area contributed by atoms with Crippen LogP contribution in [0.25, 0.3) is 0 Å². The monoisotopic (exact) mass is 313 g/mol. The number of hydrogen-bond acceptors (Lipinski definition) is 2. The highest BCUT2D eigenvalue weighted by molar-refractivity contribution is 9.10. The molecule has 0 saturated heterocycles. The molecular weight excluding hydrogens is 290 g/mol. The summed E-state index contributed by atoms with van der Waals surface area (Å²) in [6, 6.07) is 8.21. The highest BCUT2D eigenvalue weighted by Crippen LogP contribution is 2.17.